The third-order valence-electron chi connectivity index (χ3n) is 2.08. The number of benzene rings is 1. The van der Waals surface area contributed by atoms with Crippen LogP contribution in [0.2, 0.25) is 0 Å². The number of nitrogens with two attached hydrogens (primary N) is 1. The molecule has 0 atom stereocenters. The molecule has 0 heterocycles. The highest BCUT2D eigenvalue weighted by atomic mass is 32.2. The minimum absolute atomic E-state index is 0.0897. The number of thioether (sulfide) groups is 1. The van der Waals surface area contributed by atoms with E-state index in [1.54, 1.807) is 6.07 Å². The van der Waals surface area contributed by atoms with Crippen molar-refractivity contribution in [3.8, 4) is 0 Å². The van der Waals surface area contributed by atoms with Gasteiger partial charge >= 0.3 is 6.18 Å². The zero-order chi connectivity index (χ0) is 12.2. The molecule has 0 aromatic heterocycles. The van der Waals surface area contributed by atoms with Crippen molar-refractivity contribution in [1.29, 1.82) is 0 Å². The number of rotatable bonds is 4. The number of halogens is 3. The second-order valence-corrected chi connectivity index (χ2v) is 4.54. The summed E-state index contributed by atoms with van der Waals surface area (Å²) >= 11 is 1.43. The maximum Gasteiger partial charge on any atom is 0.416 e. The Kier molecular flexibility index (Phi) is 4.68. The molecule has 0 spiro atoms. The molecule has 16 heavy (non-hydrogen) atoms. The Labute approximate surface area is 97.2 Å². The van der Waals surface area contributed by atoms with Crippen LogP contribution in [-0.4, -0.2) is 5.75 Å². The quantitative estimate of drug-likeness (QED) is 0.824. The molecule has 5 heteroatoms. The SMILES string of the molecule is CCCSc1ccc(CN)c(C(F)(F)F)c1. The van der Waals surface area contributed by atoms with Gasteiger partial charge in [0, 0.05) is 11.4 Å². The minimum Gasteiger partial charge on any atom is -0.326 e. The van der Waals surface area contributed by atoms with Crippen LogP contribution < -0.4 is 5.73 Å². The van der Waals surface area contributed by atoms with E-state index in [1.807, 2.05) is 6.92 Å². The van der Waals surface area contributed by atoms with E-state index < -0.39 is 11.7 Å². The van der Waals surface area contributed by atoms with Crippen LogP contribution >= 0.6 is 11.8 Å². The molecule has 0 saturated heterocycles. The molecular weight excluding hydrogens is 235 g/mol. The van der Waals surface area contributed by atoms with Gasteiger partial charge in [0.25, 0.3) is 0 Å². The Morgan fingerprint density at radius 2 is 2.00 bits per heavy atom. The van der Waals surface area contributed by atoms with Crippen LogP contribution in [0, 0.1) is 0 Å². The van der Waals surface area contributed by atoms with Crippen LogP contribution in [0.3, 0.4) is 0 Å². The molecule has 0 aliphatic heterocycles. The van der Waals surface area contributed by atoms with E-state index in [4.69, 9.17) is 5.73 Å². The Hall–Kier alpha value is -0.680. The van der Waals surface area contributed by atoms with Gasteiger partial charge < -0.3 is 5.73 Å². The summed E-state index contributed by atoms with van der Waals surface area (Å²) in [6, 6.07) is 4.33. The normalized spacial score (nSPS) is 11.8. The number of hydrogen-bond donors (Lipinski definition) is 1. The predicted octanol–water partition coefficient (Wildman–Crippen LogP) is 3.67. The molecule has 1 aromatic rings. The van der Waals surface area contributed by atoms with Crippen molar-refractivity contribution in [2.75, 3.05) is 5.75 Å². The highest BCUT2D eigenvalue weighted by Gasteiger charge is 2.33. The van der Waals surface area contributed by atoms with Crippen LogP contribution in [0.4, 0.5) is 13.2 Å². The standard InChI is InChI=1S/C11H14F3NS/c1-2-5-16-9-4-3-8(7-15)10(6-9)11(12,13)14/h3-4,6H,2,5,7,15H2,1H3. The highest BCUT2D eigenvalue weighted by molar-refractivity contribution is 7.99. The Morgan fingerprint density at radius 1 is 1.31 bits per heavy atom. The van der Waals surface area contributed by atoms with Crippen molar-refractivity contribution in [1.82, 2.24) is 0 Å². The van der Waals surface area contributed by atoms with E-state index in [2.05, 4.69) is 0 Å². The Morgan fingerprint density at radius 3 is 2.50 bits per heavy atom. The molecule has 1 nitrogen and oxygen atoms in total. The lowest BCUT2D eigenvalue weighted by Gasteiger charge is -2.13. The van der Waals surface area contributed by atoms with Crippen LogP contribution in [0.1, 0.15) is 24.5 Å². The lowest BCUT2D eigenvalue weighted by molar-refractivity contribution is -0.138. The van der Waals surface area contributed by atoms with Gasteiger partial charge in [-0.3, -0.25) is 0 Å². The fourth-order valence-electron chi connectivity index (χ4n) is 1.31. The lowest BCUT2D eigenvalue weighted by Crippen LogP contribution is -2.11. The van der Waals surface area contributed by atoms with Gasteiger partial charge in [0.1, 0.15) is 0 Å². The lowest BCUT2D eigenvalue weighted by atomic mass is 10.1. The van der Waals surface area contributed by atoms with Crippen LogP contribution in [0.15, 0.2) is 23.1 Å². The first-order valence-corrected chi connectivity index (χ1v) is 6.00. The van der Waals surface area contributed by atoms with E-state index in [0.29, 0.717) is 4.90 Å². The molecule has 0 fully saturated rings. The zero-order valence-electron chi connectivity index (χ0n) is 8.97. The van der Waals surface area contributed by atoms with Crippen molar-refractivity contribution in [3.63, 3.8) is 0 Å². The van der Waals surface area contributed by atoms with Gasteiger partial charge in [-0.15, -0.1) is 11.8 Å². The predicted molar refractivity (Wildman–Crippen MR) is 60.4 cm³/mol. The molecule has 90 valence electrons. The van der Waals surface area contributed by atoms with Gasteiger partial charge in [-0.25, -0.2) is 0 Å². The van der Waals surface area contributed by atoms with Crippen molar-refractivity contribution >= 4 is 11.8 Å². The topological polar surface area (TPSA) is 26.0 Å². The summed E-state index contributed by atoms with van der Waals surface area (Å²) < 4.78 is 38.0. The summed E-state index contributed by atoms with van der Waals surface area (Å²) in [7, 11) is 0. The van der Waals surface area contributed by atoms with E-state index in [9.17, 15) is 13.2 Å². The summed E-state index contributed by atoms with van der Waals surface area (Å²) in [5.74, 6) is 0.819. The van der Waals surface area contributed by atoms with E-state index >= 15 is 0 Å². The fraction of sp³-hybridized carbons (Fsp3) is 0.455. The molecule has 2 N–H and O–H groups in total. The zero-order valence-corrected chi connectivity index (χ0v) is 9.79. The maximum atomic E-state index is 12.7. The van der Waals surface area contributed by atoms with E-state index in [0.717, 1.165) is 12.2 Å². The first-order chi connectivity index (χ1) is 7.49. The van der Waals surface area contributed by atoms with Crippen LogP contribution in [0.25, 0.3) is 0 Å². The number of alkyl halides is 3. The third kappa shape index (κ3) is 3.42. The molecule has 0 amide bonds. The molecule has 1 aromatic carbocycles. The summed E-state index contributed by atoms with van der Waals surface area (Å²) in [6.07, 6.45) is -3.39. The minimum atomic E-state index is -4.32. The molecule has 0 bridgehead atoms. The van der Waals surface area contributed by atoms with Gasteiger partial charge in [-0.1, -0.05) is 13.0 Å². The van der Waals surface area contributed by atoms with Gasteiger partial charge in [0.2, 0.25) is 0 Å². The Bertz CT molecular complexity index is 350. The largest absolute Gasteiger partial charge is 0.416 e. The van der Waals surface area contributed by atoms with E-state index in [-0.39, 0.29) is 12.1 Å². The second kappa shape index (κ2) is 5.59. The summed E-state index contributed by atoms with van der Waals surface area (Å²) in [5.41, 5.74) is 4.82. The molecule has 0 saturated carbocycles. The second-order valence-electron chi connectivity index (χ2n) is 3.37. The molecule has 1 rings (SSSR count). The van der Waals surface area contributed by atoms with Crippen LogP contribution in [-0.2, 0) is 12.7 Å². The van der Waals surface area contributed by atoms with Crippen molar-refractivity contribution in [2.24, 2.45) is 5.73 Å². The molecule has 0 aliphatic rings. The van der Waals surface area contributed by atoms with Crippen LogP contribution in [0.5, 0.6) is 0 Å². The highest BCUT2D eigenvalue weighted by Crippen LogP contribution is 2.34. The number of hydrogen-bond acceptors (Lipinski definition) is 2. The average molecular weight is 249 g/mol. The van der Waals surface area contributed by atoms with Crippen molar-refractivity contribution < 1.29 is 13.2 Å². The molecule has 0 radical (unpaired) electrons. The summed E-state index contributed by atoms with van der Waals surface area (Å²) in [4.78, 5) is 0.645. The van der Waals surface area contributed by atoms with Crippen molar-refractivity contribution in [3.05, 3.63) is 29.3 Å². The third-order valence-corrected chi connectivity index (χ3v) is 3.28. The molecular formula is C11H14F3NS. The monoisotopic (exact) mass is 249 g/mol. The summed E-state index contributed by atoms with van der Waals surface area (Å²) in [6.45, 7) is 1.90. The van der Waals surface area contributed by atoms with Gasteiger partial charge in [0.05, 0.1) is 5.56 Å². The molecule has 0 aliphatic carbocycles. The first-order valence-electron chi connectivity index (χ1n) is 5.02. The first kappa shape index (κ1) is 13.4. The molecule has 0 unspecified atom stereocenters. The summed E-state index contributed by atoms with van der Waals surface area (Å²) in [5, 5.41) is 0. The average Bonchev–Trinajstić information content (AvgIpc) is 2.24. The van der Waals surface area contributed by atoms with E-state index in [1.165, 1.54) is 23.9 Å². The van der Waals surface area contributed by atoms with Crippen molar-refractivity contribution in [2.45, 2.75) is 31.0 Å². The maximum absolute atomic E-state index is 12.7. The van der Waals surface area contributed by atoms with Gasteiger partial charge in [-0.05, 0) is 29.9 Å². The van der Waals surface area contributed by atoms with Gasteiger partial charge in [-0.2, -0.15) is 13.2 Å². The fourth-order valence-corrected chi connectivity index (χ4v) is 2.11. The van der Waals surface area contributed by atoms with Gasteiger partial charge in [0.15, 0.2) is 0 Å². The Balaban J connectivity index is 3.02. The smallest absolute Gasteiger partial charge is 0.326 e.